The summed E-state index contributed by atoms with van der Waals surface area (Å²) in [6.45, 7) is 1.76. The monoisotopic (exact) mass is 449 g/mol. The molecule has 33 heavy (non-hydrogen) atoms. The summed E-state index contributed by atoms with van der Waals surface area (Å²) in [6.07, 6.45) is 3.28. The van der Waals surface area contributed by atoms with E-state index in [4.69, 9.17) is 4.74 Å². The predicted molar refractivity (Wildman–Crippen MR) is 120 cm³/mol. The number of aromatic nitrogens is 3. The molecule has 0 saturated carbocycles. The maximum atomic E-state index is 13.4. The zero-order chi connectivity index (χ0) is 23.4. The second-order valence-electron chi connectivity index (χ2n) is 7.33. The van der Waals surface area contributed by atoms with Crippen LogP contribution >= 0.6 is 0 Å². The Hall–Kier alpha value is -4.27. The molecule has 4 rings (SSSR count). The normalized spacial score (nSPS) is 10.7. The third-order valence-corrected chi connectivity index (χ3v) is 4.94. The van der Waals surface area contributed by atoms with Crippen molar-refractivity contribution >= 4 is 17.5 Å². The second-order valence-corrected chi connectivity index (χ2v) is 7.33. The number of nitrogens with zero attached hydrogens (tertiary/aromatic N) is 3. The molecule has 7 nitrogen and oxygen atoms in total. The van der Waals surface area contributed by atoms with E-state index in [0.29, 0.717) is 34.0 Å². The van der Waals surface area contributed by atoms with Crippen molar-refractivity contribution in [3.05, 3.63) is 95.3 Å². The number of carbonyl (C=O) groups is 1. The van der Waals surface area contributed by atoms with E-state index in [-0.39, 0.29) is 12.5 Å². The lowest BCUT2D eigenvalue weighted by molar-refractivity contribution is 0.0950. The van der Waals surface area contributed by atoms with E-state index in [0.717, 1.165) is 11.9 Å². The standard InChI is InChI=1S/C24H21F2N5O2/c1-15-20(24(32)28-14-16-10-17(25)12-18(26)11-16)4-3-5-21(15)33-19-6-8-27-22(13-19)30-23-7-9-29-31(23)2/h3-13H,14H2,1-2H3,(H,27,30)(H,28,32). The highest BCUT2D eigenvalue weighted by molar-refractivity contribution is 5.96. The van der Waals surface area contributed by atoms with Crippen molar-refractivity contribution in [3.8, 4) is 11.5 Å². The van der Waals surface area contributed by atoms with Crippen LogP contribution in [0.4, 0.5) is 20.4 Å². The highest BCUT2D eigenvalue weighted by atomic mass is 19.1. The maximum Gasteiger partial charge on any atom is 0.251 e. The van der Waals surface area contributed by atoms with Crippen LogP contribution in [0.5, 0.6) is 11.5 Å². The SMILES string of the molecule is Cc1c(Oc2ccnc(Nc3ccnn3C)c2)cccc1C(=O)NCc1cc(F)cc(F)c1. The van der Waals surface area contributed by atoms with Crippen LogP contribution in [0.2, 0.25) is 0 Å². The van der Waals surface area contributed by atoms with Gasteiger partial charge in [0.1, 0.15) is 34.8 Å². The van der Waals surface area contributed by atoms with Crippen molar-refractivity contribution < 1.29 is 18.3 Å². The molecule has 0 aliphatic heterocycles. The molecular formula is C24H21F2N5O2. The van der Waals surface area contributed by atoms with Crippen LogP contribution in [0.3, 0.4) is 0 Å². The lowest BCUT2D eigenvalue weighted by atomic mass is 10.1. The van der Waals surface area contributed by atoms with E-state index in [9.17, 15) is 13.6 Å². The summed E-state index contributed by atoms with van der Waals surface area (Å²) in [5.74, 6) is 0.608. The Labute approximate surface area is 189 Å². The van der Waals surface area contributed by atoms with Crippen molar-refractivity contribution in [1.82, 2.24) is 20.1 Å². The maximum absolute atomic E-state index is 13.4. The van der Waals surface area contributed by atoms with Gasteiger partial charge in [-0.3, -0.25) is 9.48 Å². The number of halogens is 2. The molecule has 0 bridgehead atoms. The molecule has 2 aromatic heterocycles. The lowest BCUT2D eigenvalue weighted by Gasteiger charge is -2.13. The number of hydrogen-bond donors (Lipinski definition) is 2. The Bertz CT molecular complexity index is 1290. The Balaban J connectivity index is 1.47. The summed E-state index contributed by atoms with van der Waals surface area (Å²) in [5, 5.41) is 9.94. The molecule has 1 amide bonds. The van der Waals surface area contributed by atoms with Gasteiger partial charge in [-0.05, 0) is 42.8 Å². The molecule has 0 radical (unpaired) electrons. The van der Waals surface area contributed by atoms with E-state index >= 15 is 0 Å². The number of ether oxygens (including phenoxy) is 1. The van der Waals surface area contributed by atoms with Crippen LogP contribution < -0.4 is 15.4 Å². The number of carbonyl (C=O) groups excluding carboxylic acids is 1. The van der Waals surface area contributed by atoms with Gasteiger partial charge < -0.3 is 15.4 Å². The fourth-order valence-electron chi connectivity index (χ4n) is 3.26. The van der Waals surface area contributed by atoms with Gasteiger partial charge in [-0.15, -0.1) is 0 Å². The molecule has 0 atom stereocenters. The topological polar surface area (TPSA) is 81.1 Å². The van der Waals surface area contributed by atoms with Crippen LogP contribution in [-0.4, -0.2) is 20.7 Å². The Morgan fingerprint density at radius 1 is 1.06 bits per heavy atom. The van der Waals surface area contributed by atoms with Gasteiger partial charge in [-0.2, -0.15) is 5.10 Å². The van der Waals surface area contributed by atoms with Gasteiger partial charge >= 0.3 is 0 Å². The van der Waals surface area contributed by atoms with Crippen LogP contribution in [-0.2, 0) is 13.6 Å². The summed E-state index contributed by atoms with van der Waals surface area (Å²) >= 11 is 0. The number of rotatable bonds is 7. The summed E-state index contributed by atoms with van der Waals surface area (Å²) in [5.41, 5.74) is 1.35. The summed E-state index contributed by atoms with van der Waals surface area (Å²) in [6, 6.07) is 13.5. The second kappa shape index (κ2) is 9.47. The molecule has 4 aromatic rings. The third kappa shape index (κ3) is 5.32. The minimum atomic E-state index is -0.694. The number of benzene rings is 2. The van der Waals surface area contributed by atoms with Gasteiger partial charge in [0.2, 0.25) is 0 Å². The van der Waals surface area contributed by atoms with Crippen LogP contribution in [0.25, 0.3) is 0 Å². The molecule has 168 valence electrons. The van der Waals surface area contributed by atoms with Gasteiger partial charge in [0.05, 0.1) is 6.20 Å². The molecule has 0 spiro atoms. The van der Waals surface area contributed by atoms with Gasteiger partial charge in [-0.25, -0.2) is 13.8 Å². The van der Waals surface area contributed by atoms with E-state index in [1.165, 1.54) is 12.1 Å². The van der Waals surface area contributed by atoms with Crippen molar-refractivity contribution in [2.45, 2.75) is 13.5 Å². The molecule has 2 aromatic carbocycles. The quantitative estimate of drug-likeness (QED) is 0.421. The smallest absolute Gasteiger partial charge is 0.251 e. The minimum Gasteiger partial charge on any atom is -0.457 e. The fourth-order valence-corrected chi connectivity index (χ4v) is 3.26. The van der Waals surface area contributed by atoms with Gasteiger partial charge in [-0.1, -0.05) is 6.07 Å². The van der Waals surface area contributed by atoms with Crippen LogP contribution in [0, 0.1) is 18.6 Å². The number of hydrogen-bond acceptors (Lipinski definition) is 5. The summed E-state index contributed by atoms with van der Waals surface area (Å²) in [4.78, 5) is 17.0. The highest BCUT2D eigenvalue weighted by Crippen LogP contribution is 2.28. The average Bonchev–Trinajstić information content (AvgIpc) is 3.17. The number of anilines is 2. The molecule has 0 saturated heterocycles. The largest absolute Gasteiger partial charge is 0.457 e. The van der Waals surface area contributed by atoms with Crippen molar-refractivity contribution in [2.24, 2.45) is 7.05 Å². The van der Waals surface area contributed by atoms with Gasteiger partial charge in [0.25, 0.3) is 5.91 Å². The summed E-state index contributed by atoms with van der Waals surface area (Å²) < 4.78 is 34.4. The fraction of sp³-hybridized carbons (Fsp3) is 0.125. The van der Waals surface area contributed by atoms with E-state index < -0.39 is 11.6 Å². The van der Waals surface area contributed by atoms with Crippen molar-refractivity contribution in [3.63, 3.8) is 0 Å². The number of pyridine rings is 1. The predicted octanol–water partition coefficient (Wildman–Crippen LogP) is 4.87. The first-order valence-corrected chi connectivity index (χ1v) is 10.1. The number of nitrogens with one attached hydrogen (secondary N) is 2. The first-order chi connectivity index (χ1) is 15.9. The molecule has 2 heterocycles. The zero-order valence-corrected chi connectivity index (χ0v) is 18.0. The first kappa shape index (κ1) is 21.9. The lowest BCUT2D eigenvalue weighted by Crippen LogP contribution is -2.23. The Kier molecular flexibility index (Phi) is 6.30. The van der Waals surface area contributed by atoms with E-state index in [1.54, 1.807) is 54.3 Å². The van der Waals surface area contributed by atoms with Crippen molar-refractivity contribution in [2.75, 3.05) is 5.32 Å². The molecule has 0 unspecified atom stereocenters. The Morgan fingerprint density at radius 3 is 2.58 bits per heavy atom. The highest BCUT2D eigenvalue weighted by Gasteiger charge is 2.14. The molecule has 0 aliphatic carbocycles. The van der Waals surface area contributed by atoms with Crippen LogP contribution in [0.1, 0.15) is 21.5 Å². The number of amides is 1. The van der Waals surface area contributed by atoms with E-state index in [1.807, 2.05) is 13.1 Å². The molecule has 2 N–H and O–H groups in total. The molecule has 0 fully saturated rings. The zero-order valence-electron chi connectivity index (χ0n) is 18.0. The molecule has 9 heteroatoms. The van der Waals surface area contributed by atoms with E-state index in [2.05, 4.69) is 20.7 Å². The van der Waals surface area contributed by atoms with Gasteiger partial charge in [0, 0.05) is 49.1 Å². The minimum absolute atomic E-state index is 0.00850. The summed E-state index contributed by atoms with van der Waals surface area (Å²) in [7, 11) is 1.81. The Morgan fingerprint density at radius 2 is 1.85 bits per heavy atom. The third-order valence-electron chi connectivity index (χ3n) is 4.94. The average molecular weight is 449 g/mol. The van der Waals surface area contributed by atoms with Crippen molar-refractivity contribution in [1.29, 1.82) is 0 Å². The first-order valence-electron chi connectivity index (χ1n) is 10.1. The molecular weight excluding hydrogens is 428 g/mol. The van der Waals surface area contributed by atoms with Gasteiger partial charge in [0.15, 0.2) is 0 Å². The van der Waals surface area contributed by atoms with Crippen LogP contribution in [0.15, 0.2) is 67.0 Å². The molecule has 0 aliphatic rings. The number of aryl methyl sites for hydroxylation is 1.